The quantitative estimate of drug-likeness (QED) is 0.232. The number of Topliss-reactive ketones (excluding diaryl/α,β-unsaturated/α-hetero) is 1. The molecule has 0 amide bonds. The van der Waals surface area contributed by atoms with E-state index in [0.717, 1.165) is 62.6 Å². The molecule has 0 unspecified atom stereocenters. The van der Waals surface area contributed by atoms with Crippen LogP contribution in [-0.4, -0.2) is 51.9 Å². The Bertz CT molecular complexity index is 2040. The highest BCUT2D eigenvalue weighted by molar-refractivity contribution is 6.01. The number of nitrogens with one attached hydrogen (secondary N) is 1. The summed E-state index contributed by atoms with van der Waals surface area (Å²) in [7, 11) is 1.90. The average Bonchev–Trinajstić information content (AvgIpc) is 3.62. The van der Waals surface area contributed by atoms with Crippen molar-refractivity contribution in [1.82, 2.24) is 14.7 Å². The standard InChI is InChI=1S/C47H66FN3O6/c1-28(2)39-32(52)26-47(35-25-37(53)51(50(35)24-23-49-10)30-13-11-29(48)12-14-30)22-21-45(8)31(40(39)47)15-16-34-44(7)19-18-36(57-38(54)27-42(3,4)41(55)56)43(5,6)33(44)17-20-46(34,45)9/h11-14,25,28,31,33-34,36,49H,15-24,26-27H2,1-10H3,(H,55,56)/t31-,33+,34-,36+,44+,45-,46-,47+/m1/s1. The number of likely N-dealkylation sites (N-methyl/N-ethyl adjacent to an activating group) is 1. The van der Waals surface area contributed by atoms with Crippen molar-refractivity contribution in [2.24, 2.45) is 50.7 Å². The van der Waals surface area contributed by atoms with Crippen LogP contribution in [0.5, 0.6) is 0 Å². The van der Waals surface area contributed by atoms with E-state index in [1.807, 2.05) is 7.05 Å². The minimum Gasteiger partial charge on any atom is -0.481 e. The molecule has 4 fully saturated rings. The van der Waals surface area contributed by atoms with Crippen LogP contribution in [0.3, 0.4) is 0 Å². The van der Waals surface area contributed by atoms with Crippen LogP contribution in [0.15, 0.2) is 46.3 Å². The lowest BCUT2D eigenvalue weighted by Crippen LogP contribution is -2.66. The third-order valence-corrected chi connectivity index (χ3v) is 16.9. The average molecular weight is 788 g/mol. The molecule has 57 heavy (non-hydrogen) atoms. The molecule has 312 valence electrons. The van der Waals surface area contributed by atoms with Crippen molar-refractivity contribution in [3.63, 3.8) is 0 Å². The van der Waals surface area contributed by atoms with Crippen molar-refractivity contribution in [2.45, 2.75) is 145 Å². The summed E-state index contributed by atoms with van der Waals surface area (Å²) < 4.78 is 24.0. The molecule has 5 aliphatic carbocycles. The summed E-state index contributed by atoms with van der Waals surface area (Å²) in [5.74, 6) is -0.597. The van der Waals surface area contributed by atoms with E-state index >= 15 is 0 Å². The number of aliphatic carboxylic acids is 1. The second-order valence-electron chi connectivity index (χ2n) is 20.9. The van der Waals surface area contributed by atoms with Gasteiger partial charge in [0.15, 0.2) is 5.78 Å². The zero-order valence-electron chi connectivity index (χ0n) is 36.0. The second kappa shape index (κ2) is 14.0. The van der Waals surface area contributed by atoms with Crippen LogP contribution in [0, 0.1) is 56.6 Å². The maximum absolute atomic E-state index is 14.5. The van der Waals surface area contributed by atoms with Crippen molar-refractivity contribution in [3.05, 3.63) is 63.3 Å². The van der Waals surface area contributed by atoms with E-state index in [2.05, 4.69) is 58.5 Å². The van der Waals surface area contributed by atoms with Gasteiger partial charge in [0.2, 0.25) is 0 Å². The normalized spacial score (nSPS) is 34.7. The molecule has 9 nitrogen and oxygen atoms in total. The molecule has 4 saturated carbocycles. The van der Waals surface area contributed by atoms with Gasteiger partial charge in [-0.15, -0.1) is 0 Å². The SMILES string of the molecule is CNCCn1c([C@@]23CC[C@]4(C)[C@H](CC[C@@H]5[C@@]6(C)CC[C@H](OC(=O)CC(C)(C)C(=O)O)C(C)(C)[C@@H]6CC[C@]54C)C2=C(C(C)C)C(=O)C3)cc(=O)n1-c1ccc(F)cc1. The van der Waals surface area contributed by atoms with Gasteiger partial charge >= 0.3 is 11.9 Å². The van der Waals surface area contributed by atoms with E-state index in [1.165, 1.54) is 17.7 Å². The van der Waals surface area contributed by atoms with Crippen molar-refractivity contribution in [2.75, 3.05) is 13.6 Å². The van der Waals surface area contributed by atoms with Gasteiger partial charge in [0, 0.05) is 29.9 Å². The summed E-state index contributed by atoms with van der Waals surface area (Å²) in [5, 5.41) is 12.9. The molecule has 0 radical (unpaired) electrons. The molecule has 0 spiro atoms. The lowest BCUT2D eigenvalue weighted by molar-refractivity contribution is -0.232. The van der Waals surface area contributed by atoms with E-state index < -0.39 is 22.8 Å². The van der Waals surface area contributed by atoms with E-state index in [9.17, 15) is 28.7 Å². The van der Waals surface area contributed by atoms with E-state index in [-0.39, 0.29) is 63.2 Å². The minimum absolute atomic E-state index is 0.00893. The van der Waals surface area contributed by atoms with E-state index in [4.69, 9.17) is 4.74 Å². The van der Waals surface area contributed by atoms with Crippen LogP contribution in [0.1, 0.15) is 132 Å². The van der Waals surface area contributed by atoms with E-state index in [0.29, 0.717) is 37.0 Å². The molecule has 1 aromatic carbocycles. The number of benzene rings is 1. The summed E-state index contributed by atoms with van der Waals surface area (Å²) in [6, 6.07) is 7.86. The molecule has 5 aliphatic rings. The zero-order chi connectivity index (χ0) is 41.7. The van der Waals surface area contributed by atoms with Crippen molar-refractivity contribution < 1.29 is 28.6 Å². The van der Waals surface area contributed by atoms with Crippen LogP contribution in [0.25, 0.3) is 5.69 Å². The predicted octanol–water partition coefficient (Wildman–Crippen LogP) is 8.64. The maximum Gasteiger partial charge on any atom is 0.309 e. The first-order chi connectivity index (χ1) is 26.6. The molecule has 1 heterocycles. The first kappa shape index (κ1) is 41.6. The van der Waals surface area contributed by atoms with Gasteiger partial charge < -0.3 is 15.2 Å². The lowest BCUT2D eigenvalue weighted by atomic mass is 9.33. The summed E-state index contributed by atoms with van der Waals surface area (Å²) in [4.78, 5) is 53.5. The number of rotatable bonds is 10. The number of aromatic nitrogens is 2. The summed E-state index contributed by atoms with van der Waals surface area (Å²) in [6.45, 7) is 20.7. The number of fused-ring (bicyclic) bond motifs is 7. The van der Waals surface area contributed by atoms with Gasteiger partial charge in [0.25, 0.3) is 5.56 Å². The van der Waals surface area contributed by atoms with Gasteiger partial charge in [-0.25, -0.2) is 9.07 Å². The minimum atomic E-state index is -1.19. The molecule has 2 aromatic rings. The van der Waals surface area contributed by atoms with Gasteiger partial charge in [-0.05, 0) is 148 Å². The van der Waals surface area contributed by atoms with Crippen LogP contribution in [-0.2, 0) is 31.1 Å². The number of carbonyl (C=O) groups excluding carboxylic acids is 2. The first-order valence-electron chi connectivity index (χ1n) is 21.5. The number of halogens is 1. The van der Waals surface area contributed by atoms with Gasteiger partial charge in [0.1, 0.15) is 11.9 Å². The Morgan fingerprint density at radius 1 is 0.947 bits per heavy atom. The highest BCUT2D eigenvalue weighted by Gasteiger charge is 2.70. The van der Waals surface area contributed by atoms with Crippen molar-refractivity contribution >= 4 is 17.7 Å². The van der Waals surface area contributed by atoms with Crippen LogP contribution in [0.2, 0.25) is 0 Å². The molecule has 0 saturated heterocycles. The summed E-state index contributed by atoms with van der Waals surface area (Å²) in [5.41, 5.74) is 1.44. The third kappa shape index (κ3) is 6.15. The van der Waals surface area contributed by atoms with Gasteiger partial charge in [-0.2, -0.15) is 0 Å². The maximum atomic E-state index is 14.5. The Kier molecular flexibility index (Phi) is 10.3. The number of ketones is 1. The fraction of sp³-hybridized carbons (Fsp3) is 0.702. The van der Waals surface area contributed by atoms with Gasteiger partial charge in [0.05, 0.1) is 29.8 Å². The highest BCUT2D eigenvalue weighted by atomic mass is 19.1. The molecule has 0 aliphatic heterocycles. The first-order valence-corrected chi connectivity index (χ1v) is 21.5. The van der Waals surface area contributed by atoms with Gasteiger partial charge in [-0.1, -0.05) is 48.5 Å². The van der Waals surface area contributed by atoms with Crippen LogP contribution in [0.4, 0.5) is 4.39 Å². The molecule has 7 rings (SSSR count). The molecule has 2 N–H and O–H groups in total. The number of ether oxygens (including phenoxy) is 1. The zero-order valence-corrected chi connectivity index (χ0v) is 36.0. The van der Waals surface area contributed by atoms with Crippen LogP contribution < -0.4 is 10.9 Å². The Labute approximate surface area is 338 Å². The number of hydrogen-bond donors (Lipinski definition) is 2. The topological polar surface area (TPSA) is 120 Å². The van der Waals surface area contributed by atoms with Crippen molar-refractivity contribution in [1.29, 1.82) is 0 Å². The molecule has 10 heteroatoms. The predicted molar refractivity (Wildman–Crippen MR) is 219 cm³/mol. The molecule has 1 aromatic heterocycles. The number of carboxylic acids is 1. The molecule has 0 bridgehead atoms. The monoisotopic (exact) mass is 787 g/mol. The smallest absolute Gasteiger partial charge is 0.309 e. The Morgan fingerprint density at radius 2 is 1.63 bits per heavy atom. The number of esters is 1. The van der Waals surface area contributed by atoms with Crippen LogP contribution >= 0.6 is 0 Å². The molecular formula is C47H66FN3O6. The number of carbonyl (C=O) groups is 3. The molecular weight excluding hydrogens is 722 g/mol. The third-order valence-electron chi connectivity index (χ3n) is 16.9. The Morgan fingerprint density at radius 3 is 2.26 bits per heavy atom. The number of carboxylic acid groups (broad SMARTS) is 1. The lowest BCUT2D eigenvalue weighted by Gasteiger charge is -2.72. The summed E-state index contributed by atoms with van der Waals surface area (Å²) >= 11 is 0. The van der Waals surface area contributed by atoms with E-state index in [1.54, 1.807) is 36.7 Å². The Hall–Kier alpha value is -3.53. The highest BCUT2D eigenvalue weighted by Crippen LogP contribution is 2.77. The largest absolute Gasteiger partial charge is 0.481 e. The van der Waals surface area contributed by atoms with Crippen molar-refractivity contribution in [3.8, 4) is 5.69 Å². The number of allylic oxidation sites excluding steroid dienone is 2. The summed E-state index contributed by atoms with van der Waals surface area (Å²) in [6.07, 6.45) is 7.43. The fourth-order valence-corrected chi connectivity index (χ4v) is 13.9. The van der Waals surface area contributed by atoms with Gasteiger partial charge in [-0.3, -0.25) is 23.9 Å². The number of hydrogen-bond acceptors (Lipinski definition) is 6. The number of nitrogens with zero attached hydrogens (tertiary/aromatic N) is 2. The second-order valence-corrected chi connectivity index (χ2v) is 20.9. The molecule has 8 atom stereocenters. The fourth-order valence-electron chi connectivity index (χ4n) is 13.9. The Balaban J connectivity index is 1.26.